The molecule has 7 nitrogen and oxygen atoms in total. The van der Waals surface area contributed by atoms with E-state index in [0.29, 0.717) is 32.1 Å². The summed E-state index contributed by atoms with van der Waals surface area (Å²) in [4.78, 5) is 28.8. The van der Waals surface area contributed by atoms with E-state index in [1.807, 2.05) is 9.80 Å². The summed E-state index contributed by atoms with van der Waals surface area (Å²) in [6.07, 6.45) is 3.56. The van der Waals surface area contributed by atoms with E-state index in [2.05, 4.69) is 0 Å². The third-order valence-electron chi connectivity index (χ3n) is 5.51. The molecule has 2 heterocycles. The fourth-order valence-corrected chi connectivity index (χ4v) is 4.09. The minimum Gasteiger partial charge on any atom is -0.497 e. The standard InChI is InChI=1S/C21H30N2O5/c1-16(24)23(17-9-12-27-13-10-17)18-4-3-11-22(14-18)21(25)15-28-20-7-5-19(26-2)6-8-20/h5-8,17-18H,3-4,9-15H2,1-2H3. The van der Waals surface area contributed by atoms with Crippen molar-refractivity contribution in [3.05, 3.63) is 24.3 Å². The summed E-state index contributed by atoms with van der Waals surface area (Å²) in [5.41, 5.74) is 0. The summed E-state index contributed by atoms with van der Waals surface area (Å²) < 4.78 is 16.2. The van der Waals surface area contributed by atoms with Crippen LogP contribution in [0.2, 0.25) is 0 Å². The lowest BCUT2D eigenvalue weighted by atomic mass is 9.98. The number of hydrogen-bond acceptors (Lipinski definition) is 5. The van der Waals surface area contributed by atoms with E-state index in [4.69, 9.17) is 14.2 Å². The normalized spacial score (nSPS) is 20.5. The van der Waals surface area contributed by atoms with Crippen molar-refractivity contribution in [3.63, 3.8) is 0 Å². The van der Waals surface area contributed by atoms with E-state index in [1.165, 1.54) is 0 Å². The van der Waals surface area contributed by atoms with Gasteiger partial charge in [0.15, 0.2) is 6.61 Å². The molecular weight excluding hydrogens is 360 g/mol. The Morgan fingerprint density at radius 3 is 2.43 bits per heavy atom. The van der Waals surface area contributed by atoms with Crippen LogP contribution in [-0.4, -0.2) is 73.7 Å². The van der Waals surface area contributed by atoms with Gasteiger partial charge in [0.2, 0.25) is 5.91 Å². The molecule has 3 rings (SSSR count). The Balaban J connectivity index is 1.56. The van der Waals surface area contributed by atoms with Crippen molar-refractivity contribution in [2.45, 2.75) is 44.7 Å². The van der Waals surface area contributed by atoms with Crippen LogP contribution in [0, 0.1) is 0 Å². The number of benzene rings is 1. The lowest BCUT2D eigenvalue weighted by Gasteiger charge is -2.43. The molecule has 0 N–H and O–H groups in total. The van der Waals surface area contributed by atoms with Crippen LogP contribution < -0.4 is 9.47 Å². The molecule has 7 heteroatoms. The first-order valence-corrected chi connectivity index (χ1v) is 9.99. The molecule has 2 fully saturated rings. The maximum Gasteiger partial charge on any atom is 0.260 e. The summed E-state index contributed by atoms with van der Waals surface area (Å²) in [5, 5.41) is 0. The Kier molecular flexibility index (Phi) is 7.14. The average Bonchev–Trinajstić information content (AvgIpc) is 2.73. The fourth-order valence-electron chi connectivity index (χ4n) is 4.09. The number of carbonyl (C=O) groups excluding carboxylic acids is 2. The second-order valence-corrected chi connectivity index (χ2v) is 7.37. The van der Waals surface area contributed by atoms with Crippen molar-refractivity contribution in [2.75, 3.05) is 40.0 Å². The highest BCUT2D eigenvalue weighted by atomic mass is 16.5. The van der Waals surface area contributed by atoms with Gasteiger partial charge < -0.3 is 24.0 Å². The van der Waals surface area contributed by atoms with E-state index >= 15 is 0 Å². The van der Waals surface area contributed by atoms with Gasteiger partial charge in [-0.2, -0.15) is 0 Å². The number of likely N-dealkylation sites (tertiary alicyclic amines) is 1. The molecule has 1 aromatic carbocycles. The highest BCUT2D eigenvalue weighted by Crippen LogP contribution is 2.24. The van der Waals surface area contributed by atoms with Gasteiger partial charge >= 0.3 is 0 Å². The van der Waals surface area contributed by atoms with Crippen LogP contribution in [0.1, 0.15) is 32.6 Å². The maximum absolute atomic E-state index is 12.7. The van der Waals surface area contributed by atoms with Gasteiger partial charge in [0.1, 0.15) is 11.5 Å². The lowest BCUT2D eigenvalue weighted by Crippen LogP contribution is -2.56. The first-order chi connectivity index (χ1) is 13.6. The van der Waals surface area contributed by atoms with E-state index in [-0.39, 0.29) is 30.5 Å². The maximum atomic E-state index is 12.7. The van der Waals surface area contributed by atoms with Gasteiger partial charge in [-0.05, 0) is 49.9 Å². The summed E-state index contributed by atoms with van der Waals surface area (Å²) in [6.45, 7) is 4.29. The Bertz CT molecular complexity index is 657. The van der Waals surface area contributed by atoms with Gasteiger partial charge in [0.25, 0.3) is 5.91 Å². The third-order valence-corrected chi connectivity index (χ3v) is 5.51. The smallest absolute Gasteiger partial charge is 0.260 e. The molecule has 2 amide bonds. The first-order valence-electron chi connectivity index (χ1n) is 9.99. The van der Waals surface area contributed by atoms with Crippen molar-refractivity contribution in [1.82, 2.24) is 9.80 Å². The van der Waals surface area contributed by atoms with Crippen LogP contribution in [0.15, 0.2) is 24.3 Å². The lowest BCUT2D eigenvalue weighted by molar-refractivity contribution is -0.143. The predicted molar refractivity (Wildman–Crippen MR) is 104 cm³/mol. The molecule has 1 aromatic rings. The van der Waals surface area contributed by atoms with Crippen LogP contribution >= 0.6 is 0 Å². The third kappa shape index (κ3) is 5.16. The van der Waals surface area contributed by atoms with Crippen molar-refractivity contribution >= 4 is 11.8 Å². The summed E-state index contributed by atoms with van der Waals surface area (Å²) in [7, 11) is 1.61. The van der Waals surface area contributed by atoms with Gasteiger partial charge in [-0.1, -0.05) is 0 Å². The van der Waals surface area contributed by atoms with Crippen LogP contribution in [0.4, 0.5) is 0 Å². The molecule has 0 spiro atoms. The molecule has 0 aliphatic carbocycles. The first kappa shape index (κ1) is 20.5. The van der Waals surface area contributed by atoms with E-state index in [0.717, 1.165) is 31.4 Å². The Morgan fingerprint density at radius 1 is 1.11 bits per heavy atom. The summed E-state index contributed by atoms with van der Waals surface area (Å²) >= 11 is 0. The Labute approximate surface area is 166 Å². The molecule has 2 aliphatic heterocycles. The quantitative estimate of drug-likeness (QED) is 0.744. The van der Waals surface area contributed by atoms with Gasteiger partial charge in [-0.3, -0.25) is 9.59 Å². The zero-order chi connectivity index (χ0) is 19.9. The Hall–Kier alpha value is -2.28. The molecule has 1 atom stereocenters. The number of methoxy groups -OCH3 is 1. The number of hydrogen-bond donors (Lipinski definition) is 0. The van der Waals surface area contributed by atoms with Crippen LogP contribution in [-0.2, 0) is 14.3 Å². The Morgan fingerprint density at radius 2 is 1.79 bits per heavy atom. The van der Waals surface area contributed by atoms with Crippen LogP contribution in [0.3, 0.4) is 0 Å². The summed E-state index contributed by atoms with van der Waals surface area (Å²) in [5.74, 6) is 1.42. The van der Waals surface area contributed by atoms with Gasteiger partial charge in [0, 0.05) is 45.3 Å². The SMILES string of the molecule is COc1ccc(OCC(=O)N2CCCC(N(C(C)=O)C3CCOCC3)C2)cc1. The highest BCUT2D eigenvalue weighted by Gasteiger charge is 2.34. The fraction of sp³-hybridized carbons (Fsp3) is 0.619. The molecule has 1 unspecified atom stereocenters. The molecule has 28 heavy (non-hydrogen) atoms. The molecular formula is C21H30N2O5. The predicted octanol–water partition coefficient (Wildman–Crippen LogP) is 2.09. The van der Waals surface area contributed by atoms with E-state index < -0.39 is 0 Å². The second kappa shape index (κ2) is 9.78. The second-order valence-electron chi connectivity index (χ2n) is 7.37. The molecule has 0 saturated carbocycles. The minimum absolute atomic E-state index is 0.00358. The van der Waals surface area contributed by atoms with Crippen molar-refractivity contribution in [2.24, 2.45) is 0 Å². The zero-order valence-corrected chi connectivity index (χ0v) is 16.8. The number of nitrogens with zero attached hydrogens (tertiary/aromatic N) is 2. The van der Waals surface area contributed by atoms with Crippen molar-refractivity contribution in [3.8, 4) is 11.5 Å². The van der Waals surface area contributed by atoms with Crippen molar-refractivity contribution in [1.29, 1.82) is 0 Å². The highest BCUT2D eigenvalue weighted by molar-refractivity contribution is 5.78. The van der Waals surface area contributed by atoms with Crippen LogP contribution in [0.5, 0.6) is 11.5 Å². The van der Waals surface area contributed by atoms with Gasteiger partial charge in [-0.15, -0.1) is 0 Å². The molecule has 0 aromatic heterocycles. The molecule has 0 radical (unpaired) electrons. The van der Waals surface area contributed by atoms with Crippen LogP contribution in [0.25, 0.3) is 0 Å². The average molecular weight is 390 g/mol. The van der Waals surface area contributed by atoms with Crippen molar-refractivity contribution < 1.29 is 23.8 Å². The number of amides is 2. The minimum atomic E-state index is -0.0454. The number of rotatable bonds is 6. The number of ether oxygens (including phenoxy) is 3. The topological polar surface area (TPSA) is 68.3 Å². The zero-order valence-electron chi connectivity index (χ0n) is 16.8. The molecule has 0 bridgehead atoms. The van der Waals surface area contributed by atoms with Gasteiger partial charge in [-0.25, -0.2) is 0 Å². The molecule has 2 aliphatic rings. The summed E-state index contributed by atoms with van der Waals surface area (Å²) in [6, 6.07) is 7.45. The molecule has 2 saturated heterocycles. The van der Waals surface area contributed by atoms with E-state index in [1.54, 1.807) is 38.3 Å². The number of carbonyl (C=O) groups is 2. The molecule has 154 valence electrons. The monoisotopic (exact) mass is 390 g/mol. The number of piperidine rings is 1. The largest absolute Gasteiger partial charge is 0.497 e. The van der Waals surface area contributed by atoms with Gasteiger partial charge in [0.05, 0.1) is 7.11 Å². The van der Waals surface area contributed by atoms with E-state index in [9.17, 15) is 9.59 Å².